The molecule has 0 saturated carbocycles. The van der Waals surface area contributed by atoms with Gasteiger partial charge in [-0.15, -0.1) is 0 Å². The van der Waals surface area contributed by atoms with Crippen LogP contribution < -0.4 is 4.74 Å². The van der Waals surface area contributed by atoms with Crippen molar-refractivity contribution in [3.63, 3.8) is 0 Å². The van der Waals surface area contributed by atoms with E-state index < -0.39 is 0 Å². The van der Waals surface area contributed by atoms with Crippen LogP contribution in [-0.4, -0.2) is 29.3 Å². The number of hydrogen-bond acceptors (Lipinski definition) is 4. The average Bonchev–Trinajstić information content (AvgIpc) is 2.05. The summed E-state index contributed by atoms with van der Waals surface area (Å²) in [6, 6.07) is 0. The second-order valence-corrected chi connectivity index (χ2v) is 3.58. The minimum absolute atomic E-state index is 0.241. The van der Waals surface area contributed by atoms with E-state index in [0.29, 0.717) is 17.1 Å². The topological polar surface area (TPSA) is 44.2 Å². The summed E-state index contributed by atoms with van der Waals surface area (Å²) in [6.07, 6.45) is 4.51. The first-order valence-corrected chi connectivity index (χ1v) is 4.86. The van der Waals surface area contributed by atoms with Crippen molar-refractivity contribution in [3.8, 4) is 5.88 Å². The number of hydrogen-bond donors (Lipinski definition) is 0. The standard InChI is InChI=1S/C8H9BrN2O2/c9-7-3-11-8(4-10-7)13-5-6-1-2-12-6/h3-4,6H,1-2,5H2. The zero-order valence-corrected chi connectivity index (χ0v) is 8.53. The maximum atomic E-state index is 5.35. The van der Waals surface area contributed by atoms with Crippen LogP contribution in [0, 0.1) is 0 Å². The van der Waals surface area contributed by atoms with Crippen molar-refractivity contribution in [2.75, 3.05) is 13.2 Å². The van der Waals surface area contributed by atoms with Crippen LogP contribution in [0.4, 0.5) is 0 Å². The molecule has 4 nitrogen and oxygen atoms in total. The summed E-state index contributed by atoms with van der Waals surface area (Å²) in [6.45, 7) is 1.41. The van der Waals surface area contributed by atoms with Crippen LogP contribution in [0.3, 0.4) is 0 Å². The summed E-state index contributed by atoms with van der Waals surface area (Å²) in [4.78, 5) is 8.01. The summed E-state index contributed by atoms with van der Waals surface area (Å²) in [5.74, 6) is 0.540. The molecule has 0 radical (unpaired) electrons. The van der Waals surface area contributed by atoms with E-state index in [2.05, 4.69) is 25.9 Å². The Balaban J connectivity index is 1.83. The highest BCUT2D eigenvalue weighted by atomic mass is 79.9. The van der Waals surface area contributed by atoms with E-state index in [-0.39, 0.29) is 6.10 Å². The minimum Gasteiger partial charge on any atom is -0.474 e. The predicted molar refractivity (Wildman–Crippen MR) is 49.6 cm³/mol. The maximum Gasteiger partial charge on any atom is 0.232 e. The Bertz CT molecular complexity index is 274. The van der Waals surface area contributed by atoms with Crippen LogP contribution >= 0.6 is 15.9 Å². The summed E-state index contributed by atoms with van der Waals surface area (Å²) < 4.78 is 11.2. The molecule has 70 valence electrons. The van der Waals surface area contributed by atoms with Gasteiger partial charge in [0.15, 0.2) is 0 Å². The largest absolute Gasteiger partial charge is 0.474 e. The first-order chi connectivity index (χ1) is 6.34. The Labute approximate surface area is 84.4 Å². The van der Waals surface area contributed by atoms with Gasteiger partial charge in [-0.2, -0.15) is 0 Å². The Morgan fingerprint density at radius 1 is 1.54 bits per heavy atom. The third-order valence-corrected chi connectivity index (χ3v) is 2.22. The molecule has 1 unspecified atom stereocenters. The molecule has 2 heterocycles. The van der Waals surface area contributed by atoms with Crippen molar-refractivity contribution in [3.05, 3.63) is 17.0 Å². The van der Waals surface area contributed by atoms with E-state index in [1.807, 2.05) is 0 Å². The van der Waals surface area contributed by atoms with Gasteiger partial charge in [0.2, 0.25) is 5.88 Å². The van der Waals surface area contributed by atoms with Crippen molar-refractivity contribution < 1.29 is 9.47 Å². The lowest BCUT2D eigenvalue weighted by atomic mass is 10.2. The zero-order chi connectivity index (χ0) is 9.10. The molecule has 0 amide bonds. The van der Waals surface area contributed by atoms with Crippen LogP contribution in [0.15, 0.2) is 17.0 Å². The normalized spacial score (nSPS) is 20.8. The van der Waals surface area contributed by atoms with Crippen molar-refractivity contribution in [2.45, 2.75) is 12.5 Å². The SMILES string of the molecule is Brc1cnc(OCC2CCO2)cn1. The highest BCUT2D eigenvalue weighted by Crippen LogP contribution is 2.13. The molecule has 2 rings (SSSR count). The smallest absolute Gasteiger partial charge is 0.232 e. The highest BCUT2D eigenvalue weighted by Gasteiger charge is 2.18. The van der Waals surface area contributed by atoms with E-state index in [1.165, 1.54) is 0 Å². The fraction of sp³-hybridized carbons (Fsp3) is 0.500. The van der Waals surface area contributed by atoms with E-state index >= 15 is 0 Å². The second-order valence-electron chi connectivity index (χ2n) is 2.77. The van der Waals surface area contributed by atoms with E-state index in [9.17, 15) is 0 Å². The highest BCUT2D eigenvalue weighted by molar-refractivity contribution is 9.10. The number of rotatable bonds is 3. The first-order valence-electron chi connectivity index (χ1n) is 4.06. The molecule has 13 heavy (non-hydrogen) atoms. The van der Waals surface area contributed by atoms with Gasteiger partial charge in [0, 0.05) is 13.0 Å². The summed E-state index contributed by atoms with van der Waals surface area (Å²) >= 11 is 3.20. The molecular weight excluding hydrogens is 236 g/mol. The Hall–Kier alpha value is -0.680. The lowest BCUT2D eigenvalue weighted by Gasteiger charge is -2.25. The Morgan fingerprint density at radius 2 is 2.38 bits per heavy atom. The maximum absolute atomic E-state index is 5.35. The molecule has 1 aliphatic rings. The van der Waals surface area contributed by atoms with Gasteiger partial charge in [-0.1, -0.05) is 0 Å². The molecule has 0 bridgehead atoms. The Morgan fingerprint density at radius 3 is 2.92 bits per heavy atom. The van der Waals surface area contributed by atoms with Gasteiger partial charge in [0.05, 0.1) is 18.5 Å². The van der Waals surface area contributed by atoms with Gasteiger partial charge in [0.25, 0.3) is 0 Å². The Kier molecular flexibility index (Phi) is 2.75. The fourth-order valence-corrected chi connectivity index (χ4v) is 1.17. The molecule has 0 aromatic carbocycles. The molecule has 1 aromatic rings. The monoisotopic (exact) mass is 244 g/mol. The third-order valence-electron chi connectivity index (χ3n) is 1.81. The summed E-state index contributed by atoms with van der Waals surface area (Å²) in [7, 11) is 0. The van der Waals surface area contributed by atoms with Crippen molar-refractivity contribution >= 4 is 15.9 Å². The average molecular weight is 245 g/mol. The minimum atomic E-state index is 0.241. The second kappa shape index (κ2) is 4.02. The third kappa shape index (κ3) is 2.38. The molecule has 5 heteroatoms. The molecule has 0 aliphatic carbocycles. The van der Waals surface area contributed by atoms with Crippen LogP contribution in [0.5, 0.6) is 5.88 Å². The lowest BCUT2D eigenvalue weighted by Crippen LogP contribution is -2.32. The van der Waals surface area contributed by atoms with Crippen LogP contribution in [-0.2, 0) is 4.74 Å². The van der Waals surface area contributed by atoms with E-state index in [1.54, 1.807) is 12.4 Å². The predicted octanol–water partition coefficient (Wildman–Crippen LogP) is 1.41. The van der Waals surface area contributed by atoms with Gasteiger partial charge in [-0.25, -0.2) is 9.97 Å². The number of aromatic nitrogens is 2. The summed E-state index contributed by atoms with van der Waals surface area (Å²) in [5, 5.41) is 0. The number of nitrogens with zero attached hydrogens (tertiary/aromatic N) is 2. The van der Waals surface area contributed by atoms with Crippen molar-refractivity contribution in [1.29, 1.82) is 0 Å². The molecule has 1 aromatic heterocycles. The lowest BCUT2D eigenvalue weighted by molar-refractivity contribution is -0.0727. The van der Waals surface area contributed by atoms with Crippen LogP contribution in [0.25, 0.3) is 0 Å². The summed E-state index contributed by atoms with van der Waals surface area (Å²) in [5.41, 5.74) is 0. The quantitative estimate of drug-likeness (QED) is 0.807. The van der Waals surface area contributed by atoms with Crippen molar-refractivity contribution in [2.24, 2.45) is 0 Å². The number of halogens is 1. The van der Waals surface area contributed by atoms with Gasteiger partial charge < -0.3 is 9.47 Å². The number of ether oxygens (including phenoxy) is 2. The van der Waals surface area contributed by atoms with Crippen LogP contribution in [0.2, 0.25) is 0 Å². The first kappa shape index (κ1) is 8.90. The van der Waals surface area contributed by atoms with E-state index in [4.69, 9.17) is 9.47 Å². The van der Waals surface area contributed by atoms with Gasteiger partial charge in [-0.05, 0) is 15.9 Å². The fourth-order valence-electron chi connectivity index (χ4n) is 0.969. The van der Waals surface area contributed by atoms with Gasteiger partial charge in [-0.3, -0.25) is 0 Å². The van der Waals surface area contributed by atoms with Gasteiger partial charge >= 0.3 is 0 Å². The molecule has 1 saturated heterocycles. The molecular formula is C8H9BrN2O2. The zero-order valence-electron chi connectivity index (χ0n) is 6.94. The molecule has 1 fully saturated rings. The van der Waals surface area contributed by atoms with Crippen LogP contribution in [0.1, 0.15) is 6.42 Å². The molecule has 1 aliphatic heterocycles. The van der Waals surface area contributed by atoms with Gasteiger partial charge in [0.1, 0.15) is 11.2 Å². The molecule has 0 N–H and O–H groups in total. The van der Waals surface area contributed by atoms with E-state index in [0.717, 1.165) is 13.0 Å². The molecule has 0 spiro atoms. The van der Waals surface area contributed by atoms with Crippen molar-refractivity contribution in [1.82, 2.24) is 9.97 Å². The molecule has 1 atom stereocenters.